The van der Waals surface area contributed by atoms with Gasteiger partial charge in [-0.2, -0.15) is 0 Å². The minimum atomic E-state index is 0.679. The van der Waals surface area contributed by atoms with Crippen LogP contribution in [0, 0.1) is 17.8 Å². The summed E-state index contributed by atoms with van der Waals surface area (Å²) in [4.78, 5) is 2.69. The molecular weight excluding hydrogens is 244 g/mol. The fourth-order valence-corrected chi connectivity index (χ4v) is 5.01. The highest BCUT2D eigenvalue weighted by Gasteiger charge is 2.40. The highest BCUT2D eigenvalue weighted by Crippen LogP contribution is 2.48. The first-order valence-electron chi connectivity index (χ1n) is 9.13. The van der Waals surface area contributed by atoms with Crippen LogP contribution in [-0.2, 0) is 0 Å². The van der Waals surface area contributed by atoms with Crippen LogP contribution in [0.2, 0.25) is 0 Å². The third-order valence-corrected chi connectivity index (χ3v) is 5.92. The van der Waals surface area contributed by atoms with E-state index in [0.29, 0.717) is 12.1 Å². The molecule has 0 aromatic rings. The van der Waals surface area contributed by atoms with Crippen LogP contribution in [-0.4, -0.2) is 37.1 Å². The summed E-state index contributed by atoms with van der Waals surface area (Å²) in [7, 11) is 2.38. The van der Waals surface area contributed by atoms with Gasteiger partial charge in [0.15, 0.2) is 0 Å². The molecule has 5 unspecified atom stereocenters. The SMILES string of the molecule is CCCC(NCC)C(CC)N(C)CC1CC2CCC1C2. The quantitative estimate of drug-likeness (QED) is 0.689. The standard InChI is InChI=1S/C18H36N2/c1-5-8-17(19-7-3)18(6-2)20(4)13-16-12-14-9-10-15(16)11-14/h14-19H,5-13H2,1-4H3. The predicted molar refractivity (Wildman–Crippen MR) is 88.0 cm³/mol. The molecule has 2 aliphatic carbocycles. The van der Waals surface area contributed by atoms with E-state index in [1.807, 2.05) is 0 Å². The van der Waals surface area contributed by atoms with Gasteiger partial charge in [0.05, 0.1) is 0 Å². The van der Waals surface area contributed by atoms with Crippen LogP contribution in [0.5, 0.6) is 0 Å². The molecule has 5 atom stereocenters. The normalized spacial score (nSPS) is 31.9. The molecule has 118 valence electrons. The van der Waals surface area contributed by atoms with Gasteiger partial charge in [0.2, 0.25) is 0 Å². The first-order valence-corrected chi connectivity index (χ1v) is 9.13. The maximum atomic E-state index is 3.73. The number of nitrogens with one attached hydrogen (secondary N) is 1. The molecular formula is C18H36N2. The second-order valence-electron chi connectivity index (χ2n) is 7.30. The first kappa shape index (κ1) is 16.3. The van der Waals surface area contributed by atoms with Crippen LogP contribution >= 0.6 is 0 Å². The monoisotopic (exact) mass is 280 g/mol. The van der Waals surface area contributed by atoms with E-state index in [1.165, 1.54) is 45.1 Å². The average molecular weight is 280 g/mol. The van der Waals surface area contributed by atoms with Crippen molar-refractivity contribution in [2.24, 2.45) is 17.8 Å². The molecule has 0 aromatic heterocycles. The zero-order valence-electron chi connectivity index (χ0n) is 14.2. The molecule has 2 bridgehead atoms. The molecule has 2 heteroatoms. The zero-order valence-corrected chi connectivity index (χ0v) is 14.2. The Labute approximate surface area is 126 Å². The fourth-order valence-electron chi connectivity index (χ4n) is 5.01. The molecule has 20 heavy (non-hydrogen) atoms. The minimum Gasteiger partial charge on any atom is -0.313 e. The molecule has 0 amide bonds. The van der Waals surface area contributed by atoms with Crippen LogP contribution in [0.25, 0.3) is 0 Å². The summed E-state index contributed by atoms with van der Waals surface area (Å²) < 4.78 is 0. The highest BCUT2D eigenvalue weighted by molar-refractivity contribution is 4.92. The van der Waals surface area contributed by atoms with Gasteiger partial charge in [0, 0.05) is 18.6 Å². The van der Waals surface area contributed by atoms with Crippen molar-refractivity contribution in [2.45, 2.75) is 77.8 Å². The van der Waals surface area contributed by atoms with Crippen LogP contribution in [0.4, 0.5) is 0 Å². The van der Waals surface area contributed by atoms with Crippen molar-refractivity contribution in [2.75, 3.05) is 20.1 Å². The minimum absolute atomic E-state index is 0.679. The molecule has 0 aliphatic heterocycles. The molecule has 2 saturated carbocycles. The summed E-state index contributed by atoms with van der Waals surface area (Å²) in [6, 6.07) is 1.40. The van der Waals surface area contributed by atoms with Crippen LogP contribution < -0.4 is 5.32 Å². The predicted octanol–water partition coefficient (Wildman–Crippen LogP) is 3.91. The Morgan fingerprint density at radius 2 is 1.95 bits per heavy atom. The summed E-state index contributed by atoms with van der Waals surface area (Å²) in [5.41, 5.74) is 0. The lowest BCUT2D eigenvalue weighted by molar-refractivity contribution is 0.136. The van der Waals surface area contributed by atoms with Gasteiger partial charge in [0.1, 0.15) is 0 Å². The molecule has 0 heterocycles. The van der Waals surface area contributed by atoms with E-state index in [-0.39, 0.29) is 0 Å². The Hall–Kier alpha value is -0.0800. The number of hydrogen-bond donors (Lipinski definition) is 1. The molecule has 0 radical (unpaired) electrons. The smallest absolute Gasteiger partial charge is 0.0243 e. The van der Waals surface area contributed by atoms with Gasteiger partial charge >= 0.3 is 0 Å². The number of fused-ring (bicyclic) bond motifs is 2. The van der Waals surface area contributed by atoms with E-state index in [4.69, 9.17) is 0 Å². The third-order valence-electron chi connectivity index (χ3n) is 5.92. The van der Waals surface area contributed by atoms with Crippen molar-refractivity contribution in [3.8, 4) is 0 Å². The van der Waals surface area contributed by atoms with E-state index in [0.717, 1.165) is 24.3 Å². The van der Waals surface area contributed by atoms with Gasteiger partial charge in [0.25, 0.3) is 0 Å². The summed E-state index contributed by atoms with van der Waals surface area (Å²) in [5, 5.41) is 3.73. The number of rotatable bonds is 9. The van der Waals surface area contributed by atoms with Gasteiger partial charge < -0.3 is 10.2 Å². The highest BCUT2D eigenvalue weighted by atomic mass is 15.2. The van der Waals surface area contributed by atoms with Crippen molar-refractivity contribution >= 4 is 0 Å². The van der Waals surface area contributed by atoms with Crippen molar-refractivity contribution < 1.29 is 0 Å². The Balaban J connectivity index is 1.88. The fraction of sp³-hybridized carbons (Fsp3) is 1.00. The Morgan fingerprint density at radius 1 is 1.15 bits per heavy atom. The Kier molecular flexibility index (Phi) is 6.35. The molecule has 2 fully saturated rings. The summed E-state index contributed by atoms with van der Waals surface area (Å²) in [5.74, 6) is 3.14. The molecule has 0 spiro atoms. The van der Waals surface area contributed by atoms with Crippen molar-refractivity contribution in [3.63, 3.8) is 0 Å². The van der Waals surface area contributed by atoms with Crippen LogP contribution in [0.1, 0.15) is 65.7 Å². The molecule has 0 aromatic carbocycles. The van der Waals surface area contributed by atoms with Crippen LogP contribution in [0.15, 0.2) is 0 Å². The summed E-state index contributed by atoms with van der Waals surface area (Å²) in [6.45, 7) is 9.36. The van der Waals surface area contributed by atoms with E-state index in [1.54, 1.807) is 6.42 Å². The molecule has 2 aliphatic rings. The van der Waals surface area contributed by atoms with E-state index in [9.17, 15) is 0 Å². The van der Waals surface area contributed by atoms with E-state index in [2.05, 4.69) is 38.0 Å². The van der Waals surface area contributed by atoms with Gasteiger partial charge in [-0.15, -0.1) is 0 Å². The first-order chi connectivity index (χ1) is 9.69. The Morgan fingerprint density at radius 3 is 2.45 bits per heavy atom. The lowest BCUT2D eigenvalue weighted by atomic mass is 9.87. The number of hydrogen-bond acceptors (Lipinski definition) is 2. The lowest BCUT2D eigenvalue weighted by Crippen LogP contribution is -2.49. The maximum absolute atomic E-state index is 3.73. The number of nitrogens with zero attached hydrogens (tertiary/aromatic N) is 1. The van der Waals surface area contributed by atoms with Crippen molar-refractivity contribution in [1.29, 1.82) is 0 Å². The summed E-state index contributed by atoms with van der Waals surface area (Å²) in [6.07, 6.45) is 9.98. The average Bonchev–Trinajstić information content (AvgIpc) is 3.02. The van der Waals surface area contributed by atoms with Crippen molar-refractivity contribution in [3.05, 3.63) is 0 Å². The molecule has 2 nitrogen and oxygen atoms in total. The number of likely N-dealkylation sites (N-methyl/N-ethyl adjacent to an activating group) is 2. The van der Waals surface area contributed by atoms with Gasteiger partial charge in [-0.05, 0) is 63.5 Å². The van der Waals surface area contributed by atoms with E-state index >= 15 is 0 Å². The topological polar surface area (TPSA) is 15.3 Å². The largest absolute Gasteiger partial charge is 0.313 e. The Bertz CT molecular complexity index is 273. The van der Waals surface area contributed by atoms with Gasteiger partial charge in [-0.25, -0.2) is 0 Å². The molecule has 0 saturated heterocycles. The zero-order chi connectivity index (χ0) is 14.5. The van der Waals surface area contributed by atoms with Crippen LogP contribution in [0.3, 0.4) is 0 Å². The van der Waals surface area contributed by atoms with Gasteiger partial charge in [-0.1, -0.05) is 33.6 Å². The second-order valence-corrected chi connectivity index (χ2v) is 7.30. The second kappa shape index (κ2) is 7.79. The third kappa shape index (κ3) is 3.76. The van der Waals surface area contributed by atoms with Crippen molar-refractivity contribution in [1.82, 2.24) is 10.2 Å². The molecule has 2 rings (SSSR count). The van der Waals surface area contributed by atoms with E-state index < -0.39 is 0 Å². The maximum Gasteiger partial charge on any atom is 0.0243 e. The van der Waals surface area contributed by atoms with Gasteiger partial charge in [-0.3, -0.25) is 0 Å². The summed E-state index contributed by atoms with van der Waals surface area (Å²) >= 11 is 0. The lowest BCUT2D eigenvalue weighted by Gasteiger charge is -2.37. The molecule has 1 N–H and O–H groups in total.